The molecule has 0 aromatic heterocycles. The first-order chi connectivity index (χ1) is 4.61. The molecular formula is C7H11NOS. The number of rotatable bonds is 0. The Bertz CT molecular complexity index is 198. The molecule has 1 aliphatic rings. The van der Waals surface area contributed by atoms with E-state index in [1.807, 2.05) is 20.8 Å². The van der Waals surface area contributed by atoms with Gasteiger partial charge in [-0.05, 0) is 43.0 Å². The maximum atomic E-state index is 10.8. The predicted molar refractivity (Wildman–Crippen MR) is 44.0 cm³/mol. The van der Waals surface area contributed by atoms with Gasteiger partial charge in [0.1, 0.15) is 0 Å². The molecule has 1 aliphatic heterocycles. The summed E-state index contributed by atoms with van der Waals surface area (Å²) in [6, 6.07) is 0.216. The highest BCUT2D eigenvalue weighted by Crippen LogP contribution is 2.26. The second-order valence-electron chi connectivity index (χ2n) is 2.49. The van der Waals surface area contributed by atoms with E-state index in [9.17, 15) is 4.79 Å². The van der Waals surface area contributed by atoms with Gasteiger partial charge in [0.25, 0.3) is 5.24 Å². The lowest BCUT2D eigenvalue weighted by atomic mass is 10.1. The second kappa shape index (κ2) is 2.66. The van der Waals surface area contributed by atoms with Crippen molar-refractivity contribution in [3.05, 3.63) is 10.5 Å². The minimum atomic E-state index is 0.0654. The van der Waals surface area contributed by atoms with Gasteiger partial charge in [-0.2, -0.15) is 0 Å². The molecule has 0 aromatic rings. The molecule has 0 aliphatic carbocycles. The Labute approximate surface area is 65.1 Å². The van der Waals surface area contributed by atoms with Crippen LogP contribution in [0.3, 0.4) is 0 Å². The van der Waals surface area contributed by atoms with Gasteiger partial charge in [-0.15, -0.1) is 0 Å². The summed E-state index contributed by atoms with van der Waals surface area (Å²) in [7, 11) is 0. The highest BCUT2D eigenvalue weighted by Gasteiger charge is 2.18. The Morgan fingerprint density at radius 3 is 2.60 bits per heavy atom. The van der Waals surface area contributed by atoms with Crippen molar-refractivity contribution >= 4 is 17.0 Å². The molecule has 0 fully saturated rings. The van der Waals surface area contributed by atoms with Crippen LogP contribution in [0.5, 0.6) is 0 Å². The lowest BCUT2D eigenvalue weighted by Gasteiger charge is -2.21. The number of carbonyl (C=O) groups excluding carboxylic acids is 1. The van der Waals surface area contributed by atoms with Gasteiger partial charge in [-0.25, -0.2) is 0 Å². The van der Waals surface area contributed by atoms with Gasteiger partial charge in [-0.1, -0.05) is 0 Å². The molecule has 56 valence electrons. The number of carbonyl (C=O) groups is 1. The van der Waals surface area contributed by atoms with Gasteiger partial charge < -0.3 is 5.32 Å². The summed E-state index contributed by atoms with van der Waals surface area (Å²) in [5.41, 5.74) is 1.27. The largest absolute Gasteiger partial charge is 0.340 e. The third kappa shape index (κ3) is 1.34. The number of amides is 1. The van der Waals surface area contributed by atoms with E-state index in [0.29, 0.717) is 0 Å². The lowest BCUT2D eigenvalue weighted by Crippen LogP contribution is -2.33. The van der Waals surface area contributed by atoms with Crippen LogP contribution >= 0.6 is 11.8 Å². The van der Waals surface area contributed by atoms with Crippen LogP contribution in [0.25, 0.3) is 0 Å². The van der Waals surface area contributed by atoms with Crippen molar-refractivity contribution in [1.82, 2.24) is 5.32 Å². The summed E-state index contributed by atoms with van der Waals surface area (Å²) in [6.45, 7) is 6.03. The fourth-order valence-electron chi connectivity index (χ4n) is 0.839. The van der Waals surface area contributed by atoms with Crippen LogP contribution in [0.1, 0.15) is 20.8 Å². The molecule has 1 heterocycles. The zero-order chi connectivity index (χ0) is 7.72. The van der Waals surface area contributed by atoms with Crippen LogP contribution < -0.4 is 5.32 Å². The average molecular weight is 157 g/mol. The smallest absolute Gasteiger partial charge is 0.284 e. The SMILES string of the molecule is CC1=C(C)[C@@H](C)NC(=O)S1. The molecule has 0 unspecified atom stereocenters. The fraction of sp³-hybridized carbons (Fsp3) is 0.571. The van der Waals surface area contributed by atoms with E-state index in [1.165, 1.54) is 17.3 Å². The molecule has 1 atom stereocenters. The molecular weight excluding hydrogens is 146 g/mol. The number of hydrogen-bond acceptors (Lipinski definition) is 2. The third-order valence-electron chi connectivity index (χ3n) is 1.78. The van der Waals surface area contributed by atoms with Crippen molar-refractivity contribution in [2.75, 3.05) is 0 Å². The molecule has 0 radical (unpaired) electrons. The van der Waals surface area contributed by atoms with Crippen molar-refractivity contribution in [2.24, 2.45) is 0 Å². The number of hydrogen-bond donors (Lipinski definition) is 1. The second-order valence-corrected chi connectivity index (χ2v) is 3.68. The van der Waals surface area contributed by atoms with E-state index < -0.39 is 0 Å². The lowest BCUT2D eigenvalue weighted by molar-refractivity contribution is 0.259. The van der Waals surface area contributed by atoms with E-state index in [2.05, 4.69) is 5.32 Å². The zero-order valence-corrected chi connectivity index (χ0v) is 7.21. The summed E-state index contributed by atoms with van der Waals surface area (Å²) in [4.78, 5) is 12.0. The normalized spacial score (nSPS) is 26.7. The number of nitrogens with one attached hydrogen (secondary N) is 1. The van der Waals surface area contributed by atoms with E-state index in [1.54, 1.807) is 0 Å². The minimum Gasteiger partial charge on any atom is -0.340 e. The Balaban J connectivity index is 2.84. The van der Waals surface area contributed by atoms with E-state index >= 15 is 0 Å². The van der Waals surface area contributed by atoms with Gasteiger partial charge >= 0.3 is 0 Å². The van der Waals surface area contributed by atoms with Gasteiger partial charge in [0, 0.05) is 6.04 Å². The first-order valence-corrected chi connectivity index (χ1v) is 4.08. The van der Waals surface area contributed by atoms with Crippen molar-refractivity contribution in [3.63, 3.8) is 0 Å². The average Bonchev–Trinajstić information content (AvgIpc) is 1.82. The molecule has 1 N–H and O–H groups in total. The minimum absolute atomic E-state index is 0.0654. The highest BCUT2D eigenvalue weighted by atomic mass is 32.2. The third-order valence-corrected chi connectivity index (χ3v) is 2.72. The van der Waals surface area contributed by atoms with Crippen molar-refractivity contribution in [3.8, 4) is 0 Å². The number of allylic oxidation sites excluding steroid dienone is 1. The predicted octanol–water partition coefficient (Wildman–Crippen LogP) is 2.13. The summed E-state index contributed by atoms with van der Waals surface area (Å²) in [5.74, 6) is 0. The highest BCUT2D eigenvalue weighted by molar-refractivity contribution is 8.16. The summed E-state index contributed by atoms with van der Waals surface area (Å²) in [5, 5.41) is 2.89. The van der Waals surface area contributed by atoms with E-state index in [4.69, 9.17) is 0 Å². The van der Waals surface area contributed by atoms with Crippen molar-refractivity contribution in [1.29, 1.82) is 0 Å². The molecule has 10 heavy (non-hydrogen) atoms. The Kier molecular flexibility index (Phi) is 2.04. The van der Waals surface area contributed by atoms with Crippen LogP contribution in [0.2, 0.25) is 0 Å². The molecule has 0 spiro atoms. The van der Waals surface area contributed by atoms with Crippen LogP contribution in [0.4, 0.5) is 4.79 Å². The van der Waals surface area contributed by atoms with Crippen LogP contribution in [0, 0.1) is 0 Å². The van der Waals surface area contributed by atoms with Crippen LogP contribution in [0.15, 0.2) is 10.5 Å². The molecule has 2 nitrogen and oxygen atoms in total. The van der Waals surface area contributed by atoms with Crippen molar-refractivity contribution < 1.29 is 4.79 Å². The van der Waals surface area contributed by atoms with Gasteiger partial charge in [-0.3, -0.25) is 4.79 Å². The van der Waals surface area contributed by atoms with Gasteiger partial charge in [0.05, 0.1) is 0 Å². The molecule has 0 saturated heterocycles. The Hall–Kier alpha value is -0.440. The zero-order valence-electron chi connectivity index (χ0n) is 6.39. The Morgan fingerprint density at radius 1 is 1.50 bits per heavy atom. The van der Waals surface area contributed by atoms with Gasteiger partial charge in [0.15, 0.2) is 0 Å². The van der Waals surface area contributed by atoms with Gasteiger partial charge in [0.2, 0.25) is 0 Å². The summed E-state index contributed by atoms with van der Waals surface area (Å²) in [6.07, 6.45) is 0. The first-order valence-electron chi connectivity index (χ1n) is 3.27. The van der Waals surface area contributed by atoms with Crippen LogP contribution in [-0.2, 0) is 0 Å². The fourth-order valence-corrected chi connectivity index (χ4v) is 1.69. The molecule has 1 rings (SSSR count). The van der Waals surface area contributed by atoms with Crippen molar-refractivity contribution in [2.45, 2.75) is 26.8 Å². The molecule has 0 bridgehead atoms. The monoisotopic (exact) mass is 157 g/mol. The molecule has 3 heteroatoms. The van der Waals surface area contributed by atoms with E-state index in [0.717, 1.165) is 4.91 Å². The standard InChI is InChI=1S/C7H11NOS/c1-4-5(2)8-7(9)10-6(4)3/h5H,1-3H3,(H,8,9)/t5-/m1/s1. The van der Waals surface area contributed by atoms with Crippen LogP contribution in [-0.4, -0.2) is 11.3 Å². The Morgan fingerprint density at radius 2 is 2.10 bits per heavy atom. The summed E-state index contributed by atoms with van der Waals surface area (Å²) >= 11 is 1.28. The quantitative estimate of drug-likeness (QED) is 0.583. The molecule has 1 amide bonds. The maximum Gasteiger partial charge on any atom is 0.284 e. The molecule has 0 saturated carbocycles. The number of thioether (sulfide) groups is 1. The maximum absolute atomic E-state index is 10.8. The topological polar surface area (TPSA) is 29.1 Å². The summed E-state index contributed by atoms with van der Waals surface area (Å²) < 4.78 is 0. The first kappa shape index (κ1) is 7.66. The van der Waals surface area contributed by atoms with E-state index in [-0.39, 0.29) is 11.3 Å². The molecule has 0 aromatic carbocycles.